The normalized spacial score (nSPS) is 10.6. The maximum absolute atomic E-state index is 5.70. The van der Waals surface area contributed by atoms with Gasteiger partial charge in [-0.1, -0.05) is 0 Å². The molecule has 0 fully saturated rings. The Labute approximate surface area is 110 Å². The Hall–Kier alpha value is -2.69. The number of fused-ring (bicyclic) bond motifs is 1. The Balaban J connectivity index is 2.33. The molecule has 94 valence electrons. The van der Waals surface area contributed by atoms with E-state index in [2.05, 4.69) is 15.0 Å². The fourth-order valence-corrected chi connectivity index (χ4v) is 2.02. The van der Waals surface area contributed by atoms with Crippen LogP contribution in [0.3, 0.4) is 0 Å². The van der Waals surface area contributed by atoms with Gasteiger partial charge in [-0.2, -0.15) is 0 Å². The van der Waals surface area contributed by atoms with Gasteiger partial charge >= 0.3 is 0 Å². The Bertz CT molecular complexity index is 728. The molecule has 1 aromatic carbocycles. The molecule has 0 atom stereocenters. The Morgan fingerprint density at radius 1 is 1.05 bits per heavy atom. The minimum Gasteiger partial charge on any atom is -0.494 e. The number of hydrogen-bond acceptors (Lipinski definition) is 5. The molecule has 0 unspecified atom stereocenters. The summed E-state index contributed by atoms with van der Waals surface area (Å²) in [6.45, 7) is 0. The molecule has 0 bridgehead atoms. The van der Waals surface area contributed by atoms with Crippen molar-refractivity contribution >= 4 is 16.9 Å². The van der Waals surface area contributed by atoms with Crippen molar-refractivity contribution in [1.82, 2.24) is 15.0 Å². The van der Waals surface area contributed by atoms with Gasteiger partial charge in [-0.3, -0.25) is 4.98 Å². The number of pyridine rings is 1. The van der Waals surface area contributed by atoms with E-state index in [0.29, 0.717) is 17.1 Å². The fourth-order valence-electron chi connectivity index (χ4n) is 2.02. The van der Waals surface area contributed by atoms with Gasteiger partial charge in [0.2, 0.25) is 0 Å². The minimum absolute atomic E-state index is 0.373. The fraction of sp³-hybridized carbons (Fsp3) is 0.0714. The van der Waals surface area contributed by atoms with Crippen molar-refractivity contribution in [1.29, 1.82) is 0 Å². The third kappa shape index (κ3) is 1.95. The van der Waals surface area contributed by atoms with Crippen molar-refractivity contribution in [2.45, 2.75) is 0 Å². The Morgan fingerprint density at radius 2 is 1.84 bits per heavy atom. The molecule has 2 heterocycles. The second-order valence-electron chi connectivity index (χ2n) is 4.04. The van der Waals surface area contributed by atoms with Gasteiger partial charge < -0.3 is 10.5 Å². The van der Waals surface area contributed by atoms with E-state index in [9.17, 15) is 0 Å². The smallest absolute Gasteiger partial charge is 0.146 e. The zero-order valence-corrected chi connectivity index (χ0v) is 10.4. The number of methoxy groups -OCH3 is 1. The van der Waals surface area contributed by atoms with Gasteiger partial charge in [0.15, 0.2) is 0 Å². The first kappa shape index (κ1) is 11.4. The highest BCUT2D eigenvalue weighted by atomic mass is 16.5. The Morgan fingerprint density at radius 3 is 2.58 bits per heavy atom. The van der Waals surface area contributed by atoms with Gasteiger partial charge in [-0.15, -0.1) is 0 Å². The number of aromatic nitrogens is 3. The van der Waals surface area contributed by atoms with E-state index in [1.165, 1.54) is 0 Å². The SMILES string of the molecule is COc1ccc(-c2ccncc2)c2ncc(N)nc12. The molecule has 0 saturated carbocycles. The van der Waals surface area contributed by atoms with Crippen LogP contribution in [0.4, 0.5) is 5.82 Å². The molecule has 3 aromatic rings. The van der Waals surface area contributed by atoms with Crippen LogP contribution in [0.1, 0.15) is 0 Å². The van der Waals surface area contributed by atoms with Crippen LogP contribution in [-0.4, -0.2) is 22.1 Å². The highest BCUT2D eigenvalue weighted by Gasteiger charge is 2.11. The molecule has 0 spiro atoms. The van der Waals surface area contributed by atoms with E-state index in [1.807, 2.05) is 24.3 Å². The number of nitrogen functional groups attached to an aromatic ring is 1. The third-order valence-corrected chi connectivity index (χ3v) is 2.89. The van der Waals surface area contributed by atoms with Crippen molar-refractivity contribution in [2.75, 3.05) is 12.8 Å². The molecule has 0 aliphatic carbocycles. The summed E-state index contributed by atoms with van der Waals surface area (Å²) in [4.78, 5) is 12.7. The molecule has 2 aromatic heterocycles. The minimum atomic E-state index is 0.373. The second-order valence-corrected chi connectivity index (χ2v) is 4.04. The topological polar surface area (TPSA) is 73.9 Å². The van der Waals surface area contributed by atoms with Crippen molar-refractivity contribution < 1.29 is 4.74 Å². The van der Waals surface area contributed by atoms with Crippen LogP contribution in [0.2, 0.25) is 0 Å². The standard InChI is InChI=1S/C14H12N4O/c1-19-11-3-2-10(9-4-6-16-7-5-9)13-14(11)18-12(15)8-17-13/h2-8H,1H3,(H2,15,18). The van der Waals surface area contributed by atoms with E-state index in [-0.39, 0.29) is 0 Å². The van der Waals surface area contributed by atoms with Crippen LogP contribution >= 0.6 is 0 Å². The van der Waals surface area contributed by atoms with Gasteiger partial charge in [-0.25, -0.2) is 9.97 Å². The molecule has 0 aliphatic heterocycles. The highest BCUT2D eigenvalue weighted by molar-refractivity contribution is 5.95. The molecular formula is C14H12N4O. The van der Waals surface area contributed by atoms with Crippen LogP contribution in [-0.2, 0) is 0 Å². The number of rotatable bonds is 2. The van der Waals surface area contributed by atoms with E-state index < -0.39 is 0 Å². The summed E-state index contributed by atoms with van der Waals surface area (Å²) in [5.74, 6) is 1.03. The molecule has 5 nitrogen and oxygen atoms in total. The van der Waals surface area contributed by atoms with Gasteiger partial charge in [0, 0.05) is 18.0 Å². The summed E-state index contributed by atoms with van der Waals surface area (Å²) in [7, 11) is 1.60. The predicted octanol–water partition coefficient (Wildman–Crippen LogP) is 2.28. The number of nitrogens with two attached hydrogens (primary N) is 1. The van der Waals surface area contributed by atoms with E-state index in [0.717, 1.165) is 16.6 Å². The Kier molecular flexibility index (Phi) is 2.72. The van der Waals surface area contributed by atoms with Crippen molar-refractivity contribution in [3.8, 4) is 16.9 Å². The summed E-state index contributed by atoms with van der Waals surface area (Å²) < 4.78 is 5.30. The number of hydrogen-bond donors (Lipinski definition) is 1. The lowest BCUT2D eigenvalue weighted by Gasteiger charge is -2.09. The maximum atomic E-state index is 5.70. The average molecular weight is 252 g/mol. The lowest BCUT2D eigenvalue weighted by molar-refractivity contribution is 0.419. The molecule has 0 aliphatic rings. The second kappa shape index (κ2) is 4.53. The molecule has 5 heteroatoms. The number of ether oxygens (including phenoxy) is 1. The molecule has 0 amide bonds. The zero-order chi connectivity index (χ0) is 13.2. The van der Waals surface area contributed by atoms with Crippen LogP contribution in [0.5, 0.6) is 5.75 Å². The molecule has 19 heavy (non-hydrogen) atoms. The van der Waals surface area contributed by atoms with Crippen LogP contribution in [0, 0.1) is 0 Å². The van der Waals surface area contributed by atoms with Crippen molar-refractivity contribution in [3.63, 3.8) is 0 Å². The van der Waals surface area contributed by atoms with Gasteiger partial charge in [0.05, 0.1) is 13.3 Å². The molecule has 0 saturated heterocycles. The summed E-state index contributed by atoms with van der Waals surface area (Å²) in [5.41, 5.74) is 9.13. The van der Waals surface area contributed by atoms with Gasteiger partial charge in [0.1, 0.15) is 22.6 Å². The molecule has 0 radical (unpaired) electrons. The van der Waals surface area contributed by atoms with Crippen LogP contribution < -0.4 is 10.5 Å². The predicted molar refractivity (Wildman–Crippen MR) is 73.7 cm³/mol. The van der Waals surface area contributed by atoms with Gasteiger partial charge in [-0.05, 0) is 29.8 Å². The highest BCUT2D eigenvalue weighted by Crippen LogP contribution is 2.31. The monoisotopic (exact) mass is 252 g/mol. The summed E-state index contributed by atoms with van der Waals surface area (Å²) >= 11 is 0. The molecular weight excluding hydrogens is 240 g/mol. The van der Waals surface area contributed by atoms with E-state index in [1.54, 1.807) is 25.7 Å². The lowest BCUT2D eigenvalue weighted by atomic mass is 10.0. The van der Waals surface area contributed by atoms with Crippen molar-refractivity contribution in [3.05, 3.63) is 42.9 Å². The van der Waals surface area contributed by atoms with Crippen LogP contribution in [0.15, 0.2) is 42.9 Å². The van der Waals surface area contributed by atoms with Crippen molar-refractivity contribution in [2.24, 2.45) is 0 Å². The third-order valence-electron chi connectivity index (χ3n) is 2.89. The number of nitrogens with zero attached hydrogens (tertiary/aromatic N) is 3. The molecule has 3 rings (SSSR count). The van der Waals surface area contributed by atoms with E-state index >= 15 is 0 Å². The number of anilines is 1. The zero-order valence-electron chi connectivity index (χ0n) is 10.4. The lowest BCUT2D eigenvalue weighted by Crippen LogP contribution is -1.96. The number of benzene rings is 1. The summed E-state index contributed by atoms with van der Waals surface area (Å²) in [6, 6.07) is 7.69. The van der Waals surface area contributed by atoms with Crippen LogP contribution in [0.25, 0.3) is 22.2 Å². The summed E-state index contributed by atoms with van der Waals surface area (Å²) in [5, 5.41) is 0. The quantitative estimate of drug-likeness (QED) is 0.757. The van der Waals surface area contributed by atoms with Gasteiger partial charge in [0.25, 0.3) is 0 Å². The maximum Gasteiger partial charge on any atom is 0.146 e. The van der Waals surface area contributed by atoms with E-state index in [4.69, 9.17) is 10.5 Å². The first-order chi connectivity index (χ1) is 9.29. The summed E-state index contributed by atoms with van der Waals surface area (Å²) in [6.07, 6.45) is 5.04. The largest absolute Gasteiger partial charge is 0.494 e. The first-order valence-electron chi connectivity index (χ1n) is 5.79. The molecule has 2 N–H and O–H groups in total. The first-order valence-corrected chi connectivity index (χ1v) is 5.79. The average Bonchev–Trinajstić information content (AvgIpc) is 2.47.